The van der Waals surface area contributed by atoms with E-state index >= 15 is 0 Å². The molecule has 29 heavy (non-hydrogen) atoms. The van der Waals surface area contributed by atoms with E-state index in [4.69, 9.17) is 4.98 Å². The van der Waals surface area contributed by atoms with E-state index in [1.165, 1.54) is 0 Å². The highest BCUT2D eigenvalue weighted by Gasteiger charge is 2.34. The number of para-hydroxylation sites is 1. The molecule has 1 unspecified atom stereocenters. The maximum absolute atomic E-state index is 13.2. The first-order valence-corrected chi connectivity index (χ1v) is 11.4. The number of amides is 1. The van der Waals surface area contributed by atoms with Gasteiger partial charge in [-0.1, -0.05) is 25.1 Å². The highest BCUT2D eigenvalue weighted by Crippen LogP contribution is 2.40. The number of carbonyl (C=O) groups excluding carboxylic acids is 1. The molecule has 0 spiro atoms. The highest BCUT2D eigenvalue weighted by atomic mass is 32.1. The Morgan fingerprint density at radius 3 is 2.69 bits per heavy atom. The molecule has 3 heterocycles. The van der Waals surface area contributed by atoms with Gasteiger partial charge in [-0.05, 0) is 44.2 Å². The van der Waals surface area contributed by atoms with Crippen molar-refractivity contribution < 1.29 is 4.79 Å². The normalized spacial score (nSPS) is 19.5. The second-order valence-electron chi connectivity index (χ2n) is 7.94. The van der Waals surface area contributed by atoms with Gasteiger partial charge in [-0.2, -0.15) is 0 Å². The third-order valence-electron chi connectivity index (χ3n) is 5.76. The van der Waals surface area contributed by atoms with Crippen LogP contribution in [0.2, 0.25) is 0 Å². The summed E-state index contributed by atoms with van der Waals surface area (Å²) in [5.74, 6) is 1.92. The standard InChI is InChI=1S/C22H25N5OS/c1-2-17-14-29-21(23-17)16-7-6-12-26(13-16)22(28)19-24-20(15-10-11-15)27(25-19)18-8-4-3-5-9-18/h3-5,8-9,14-16H,2,6-7,10-13H2,1H3. The number of thiazole rings is 1. The van der Waals surface area contributed by atoms with E-state index in [1.807, 2.05) is 39.9 Å². The largest absolute Gasteiger partial charge is 0.335 e. The second kappa shape index (κ2) is 7.71. The summed E-state index contributed by atoms with van der Waals surface area (Å²) in [7, 11) is 0. The molecule has 2 aliphatic rings. The number of hydrogen-bond donors (Lipinski definition) is 0. The van der Waals surface area contributed by atoms with Crippen LogP contribution in [0, 0.1) is 0 Å². The first-order valence-electron chi connectivity index (χ1n) is 10.5. The summed E-state index contributed by atoms with van der Waals surface area (Å²) in [6, 6.07) is 9.99. The Bertz CT molecular complexity index is 1010. The van der Waals surface area contributed by atoms with Crippen molar-refractivity contribution in [2.45, 2.75) is 50.9 Å². The van der Waals surface area contributed by atoms with Crippen LogP contribution in [0.1, 0.15) is 71.6 Å². The van der Waals surface area contributed by atoms with E-state index in [1.54, 1.807) is 11.3 Å². The van der Waals surface area contributed by atoms with Crippen LogP contribution < -0.4 is 0 Å². The van der Waals surface area contributed by atoms with Crippen LogP contribution in [-0.4, -0.2) is 43.6 Å². The number of benzene rings is 1. The van der Waals surface area contributed by atoms with Crippen LogP contribution in [-0.2, 0) is 6.42 Å². The maximum Gasteiger partial charge on any atom is 0.293 e. The number of aromatic nitrogens is 4. The summed E-state index contributed by atoms with van der Waals surface area (Å²) in [5.41, 5.74) is 2.11. The zero-order chi connectivity index (χ0) is 19.8. The van der Waals surface area contributed by atoms with Crippen molar-refractivity contribution in [3.8, 4) is 5.69 Å². The van der Waals surface area contributed by atoms with Crippen molar-refractivity contribution in [1.29, 1.82) is 0 Å². The van der Waals surface area contributed by atoms with Crippen molar-refractivity contribution >= 4 is 17.2 Å². The van der Waals surface area contributed by atoms with E-state index in [9.17, 15) is 4.79 Å². The van der Waals surface area contributed by atoms with Crippen molar-refractivity contribution in [3.63, 3.8) is 0 Å². The summed E-state index contributed by atoms with van der Waals surface area (Å²) in [6.07, 6.45) is 5.27. The lowest BCUT2D eigenvalue weighted by molar-refractivity contribution is 0.0694. The lowest BCUT2D eigenvalue weighted by Crippen LogP contribution is -2.39. The summed E-state index contributed by atoms with van der Waals surface area (Å²) in [5, 5.41) is 7.93. The molecular weight excluding hydrogens is 382 g/mol. The third-order valence-corrected chi connectivity index (χ3v) is 6.81. The van der Waals surface area contributed by atoms with E-state index in [-0.39, 0.29) is 5.91 Å². The zero-order valence-electron chi connectivity index (χ0n) is 16.6. The van der Waals surface area contributed by atoms with Crippen molar-refractivity contribution in [3.05, 3.63) is 58.1 Å². The topological polar surface area (TPSA) is 63.9 Å². The molecule has 1 atom stereocenters. The van der Waals surface area contributed by atoms with Gasteiger partial charge in [-0.3, -0.25) is 4.79 Å². The first-order chi connectivity index (χ1) is 14.2. The minimum atomic E-state index is -0.0569. The van der Waals surface area contributed by atoms with E-state index in [0.29, 0.717) is 24.2 Å². The van der Waals surface area contributed by atoms with Gasteiger partial charge in [0.15, 0.2) is 0 Å². The van der Waals surface area contributed by atoms with Crippen molar-refractivity contribution in [1.82, 2.24) is 24.6 Å². The molecule has 5 rings (SSSR count). The zero-order valence-corrected chi connectivity index (χ0v) is 17.4. The molecule has 0 N–H and O–H groups in total. The van der Waals surface area contributed by atoms with Gasteiger partial charge < -0.3 is 4.90 Å². The average molecular weight is 408 g/mol. The molecule has 1 saturated carbocycles. The van der Waals surface area contributed by atoms with Gasteiger partial charge in [-0.25, -0.2) is 14.6 Å². The smallest absolute Gasteiger partial charge is 0.293 e. The van der Waals surface area contributed by atoms with E-state index < -0.39 is 0 Å². The Morgan fingerprint density at radius 2 is 1.97 bits per heavy atom. The second-order valence-corrected chi connectivity index (χ2v) is 8.83. The summed E-state index contributed by atoms with van der Waals surface area (Å²) in [4.78, 5) is 24.6. The highest BCUT2D eigenvalue weighted by molar-refractivity contribution is 7.09. The SMILES string of the molecule is CCc1csc(C2CCCN(C(=O)c3nc(C4CC4)n(-c4ccccc4)n3)C2)n1. The number of rotatable bonds is 5. The monoisotopic (exact) mass is 407 g/mol. The molecule has 3 aromatic rings. The molecule has 2 fully saturated rings. The van der Waals surface area contributed by atoms with Gasteiger partial charge in [0.25, 0.3) is 5.91 Å². The molecule has 2 aromatic heterocycles. The molecule has 1 aliphatic heterocycles. The van der Waals surface area contributed by atoms with Crippen LogP contribution in [0.4, 0.5) is 0 Å². The van der Waals surface area contributed by atoms with Gasteiger partial charge in [0.05, 0.1) is 16.4 Å². The molecule has 0 bridgehead atoms. The fraction of sp³-hybridized carbons (Fsp3) is 0.455. The van der Waals surface area contributed by atoms with Gasteiger partial charge in [-0.15, -0.1) is 16.4 Å². The molecule has 7 heteroatoms. The van der Waals surface area contributed by atoms with Crippen LogP contribution in [0.15, 0.2) is 35.7 Å². The Morgan fingerprint density at radius 1 is 1.14 bits per heavy atom. The molecule has 6 nitrogen and oxygen atoms in total. The van der Waals surface area contributed by atoms with Crippen LogP contribution in [0.3, 0.4) is 0 Å². The number of piperidine rings is 1. The maximum atomic E-state index is 13.2. The molecule has 1 saturated heterocycles. The molecule has 150 valence electrons. The minimum absolute atomic E-state index is 0.0569. The van der Waals surface area contributed by atoms with Crippen LogP contribution in [0.5, 0.6) is 0 Å². The fourth-order valence-corrected chi connectivity index (χ4v) is 4.99. The summed E-state index contributed by atoms with van der Waals surface area (Å²) >= 11 is 1.72. The summed E-state index contributed by atoms with van der Waals surface area (Å²) in [6.45, 7) is 3.59. The van der Waals surface area contributed by atoms with E-state index in [2.05, 4.69) is 22.4 Å². The molecule has 1 aromatic carbocycles. The van der Waals surface area contributed by atoms with Gasteiger partial charge >= 0.3 is 0 Å². The first kappa shape index (κ1) is 18.5. The quantitative estimate of drug-likeness (QED) is 0.636. The van der Waals surface area contributed by atoms with E-state index in [0.717, 1.165) is 60.9 Å². The number of hydrogen-bond acceptors (Lipinski definition) is 5. The number of likely N-dealkylation sites (tertiary alicyclic amines) is 1. The molecule has 0 radical (unpaired) electrons. The van der Waals surface area contributed by atoms with Crippen molar-refractivity contribution in [2.24, 2.45) is 0 Å². The Labute approximate surface area is 174 Å². The molecular formula is C22H25N5OS. The van der Waals surface area contributed by atoms with Crippen LogP contribution >= 0.6 is 11.3 Å². The number of carbonyl (C=O) groups is 1. The predicted molar refractivity (Wildman–Crippen MR) is 113 cm³/mol. The fourth-order valence-electron chi connectivity index (χ4n) is 3.96. The predicted octanol–water partition coefficient (Wildman–Crippen LogP) is 4.18. The lowest BCUT2D eigenvalue weighted by Gasteiger charge is -2.31. The van der Waals surface area contributed by atoms with Gasteiger partial charge in [0.1, 0.15) is 5.82 Å². The average Bonchev–Trinajstić information content (AvgIpc) is 3.34. The van der Waals surface area contributed by atoms with Gasteiger partial charge in [0, 0.05) is 30.3 Å². The minimum Gasteiger partial charge on any atom is -0.335 e. The Kier molecular flexibility index (Phi) is 4.91. The lowest BCUT2D eigenvalue weighted by atomic mass is 9.98. The molecule has 1 aliphatic carbocycles. The molecule has 1 amide bonds. The Hall–Kier alpha value is -2.54. The van der Waals surface area contributed by atoms with Crippen LogP contribution in [0.25, 0.3) is 5.69 Å². The third kappa shape index (κ3) is 3.71. The van der Waals surface area contributed by atoms with Crippen molar-refractivity contribution in [2.75, 3.05) is 13.1 Å². The summed E-state index contributed by atoms with van der Waals surface area (Å²) < 4.78 is 1.86. The van der Waals surface area contributed by atoms with Gasteiger partial charge in [0.2, 0.25) is 5.82 Å². The number of nitrogens with zero attached hydrogens (tertiary/aromatic N) is 5. The number of aryl methyl sites for hydroxylation is 1. The Balaban J connectivity index is 1.38.